The number of anilines is 1. The SMILES string of the molecule is Cn1c(N)c(Cl)c(C#N)c1C=O. The highest BCUT2D eigenvalue weighted by molar-refractivity contribution is 6.34. The summed E-state index contributed by atoms with van der Waals surface area (Å²) in [6, 6.07) is 1.81. The molecule has 0 radical (unpaired) electrons. The molecule has 1 rings (SSSR count). The molecule has 5 heteroatoms. The predicted octanol–water partition coefficient (Wildman–Crippen LogP) is 0.945. The van der Waals surface area contributed by atoms with E-state index < -0.39 is 0 Å². The van der Waals surface area contributed by atoms with Crippen molar-refractivity contribution >= 4 is 23.7 Å². The Bertz CT molecular complexity index is 375. The van der Waals surface area contributed by atoms with E-state index in [4.69, 9.17) is 22.6 Å². The van der Waals surface area contributed by atoms with Crippen molar-refractivity contribution < 1.29 is 4.79 Å². The Morgan fingerprint density at radius 1 is 1.75 bits per heavy atom. The molecule has 0 aliphatic rings. The van der Waals surface area contributed by atoms with E-state index in [2.05, 4.69) is 0 Å². The molecule has 12 heavy (non-hydrogen) atoms. The van der Waals surface area contributed by atoms with E-state index in [1.165, 1.54) is 4.57 Å². The Morgan fingerprint density at radius 3 is 2.67 bits per heavy atom. The first-order valence-corrected chi connectivity index (χ1v) is 3.50. The molecule has 2 N–H and O–H groups in total. The van der Waals surface area contributed by atoms with Crippen molar-refractivity contribution in [2.45, 2.75) is 0 Å². The molecule has 0 amide bonds. The van der Waals surface area contributed by atoms with Crippen LogP contribution in [0.25, 0.3) is 0 Å². The Morgan fingerprint density at radius 2 is 2.33 bits per heavy atom. The summed E-state index contributed by atoms with van der Waals surface area (Å²) in [7, 11) is 1.58. The van der Waals surface area contributed by atoms with Crippen LogP contribution in [0.3, 0.4) is 0 Å². The lowest BCUT2D eigenvalue weighted by molar-refractivity contribution is 0.111. The van der Waals surface area contributed by atoms with Crippen LogP contribution < -0.4 is 5.73 Å². The number of nitrogens with two attached hydrogens (primary N) is 1. The molecular weight excluding hydrogens is 178 g/mol. The van der Waals surface area contributed by atoms with Crippen LogP contribution in [0.2, 0.25) is 5.02 Å². The van der Waals surface area contributed by atoms with Crippen LogP contribution in [0, 0.1) is 11.3 Å². The second-order valence-corrected chi connectivity index (χ2v) is 2.63. The summed E-state index contributed by atoms with van der Waals surface area (Å²) in [4.78, 5) is 10.5. The number of nitriles is 1. The Hall–Kier alpha value is -1.47. The summed E-state index contributed by atoms with van der Waals surface area (Å²) < 4.78 is 1.38. The van der Waals surface area contributed by atoms with Crippen LogP contribution in [0.4, 0.5) is 5.82 Å². The third-order valence-corrected chi connectivity index (χ3v) is 2.03. The van der Waals surface area contributed by atoms with Crippen molar-refractivity contribution in [1.29, 1.82) is 5.26 Å². The van der Waals surface area contributed by atoms with E-state index in [0.717, 1.165) is 0 Å². The summed E-state index contributed by atoms with van der Waals surface area (Å²) in [5.74, 6) is 0.232. The number of rotatable bonds is 1. The van der Waals surface area contributed by atoms with Crippen LogP contribution in [0.5, 0.6) is 0 Å². The monoisotopic (exact) mass is 183 g/mol. The van der Waals surface area contributed by atoms with Gasteiger partial charge in [0.1, 0.15) is 28.2 Å². The maximum Gasteiger partial charge on any atom is 0.167 e. The molecule has 0 atom stereocenters. The van der Waals surface area contributed by atoms with Crippen molar-refractivity contribution in [3.8, 4) is 6.07 Å². The van der Waals surface area contributed by atoms with Gasteiger partial charge in [0.2, 0.25) is 0 Å². The molecule has 0 unspecified atom stereocenters. The molecule has 1 heterocycles. The van der Waals surface area contributed by atoms with Crippen LogP contribution >= 0.6 is 11.6 Å². The average Bonchev–Trinajstić information content (AvgIpc) is 2.29. The third-order valence-electron chi connectivity index (χ3n) is 1.65. The maximum atomic E-state index is 10.5. The van der Waals surface area contributed by atoms with Gasteiger partial charge in [0.15, 0.2) is 6.29 Å². The molecule has 62 valence electrons. The number of nitrogens with zero attached hydrogens (tertiary/aromatic N) is 2. The first kappa shape index (κ1) is 8.62. The zero-order valence-corrected chi connectivity index (χ0v) is 7.09. The van der Waals surface area contributed by atoms with Gasteiger partial charge in [-0.15, -0.1) is 0 Å². The summed E-state index contributed by atoms with van der Waals surface area (Å²) in [5.41, 5.74) is 5.82. The molecule has 0 fully saturated rings. The molecule has 1 aromatic heterocycles. The molecule has 4 nitrogen and oxygen atoms in total. The van der Waals surface area contributed by atoms with E-state index in [9.17, 15) is 4.79 Å². The zero-order valence-electron chi connectivity index (χ0n) is 6.34. The Balaban J connectivity index is 3.57. The van der Waals surface area contributed by atoms with E-state index in [1.54, 1.807) is 7.05 Å². The van der Waals surface area contributed by atoms with E-state index >= 15 is 0 Å². The molecule has 0 bridgehead atoms. The van der Waals surface area contributed by atoms with Gasteiger partial charge in [-0.05, 0) is 0 Å². The summed E-state index contributed by atoms with van der Waals surface area (Å²) in [5, 5.41) is 8.75. The van der Waals surface area contributed by atoms with Gasteiger partial charge in [-0.2, -0.15) is 5.26 Å². The number of aromatic nitrogens is 1. The van der Waals surface area contributed by atoms with Gasteiger partial charge in [-0.25, -0.2) is 0 Å². The lowest BCUT2D eigenvalue weighted by atomic mass is 10.3. The minimum atomic E-state index is 0.131. The zero-order chi connectivity index (χ0) is 9.30. The van der Waals surface area contributed by atoms with Crippen molar-refractivity contribution in [2.75, 3.05) is 5.73 Å². The largest absolute Gasteiger partial charge is 0.384 e. The maximum absolute atomic E-state index is 10.5. The first-order valence-electron chi connectivity index (χ1n) is 3.12. The fourth-order valence-corrected chi connectivity index (χ4v) is 1.20. The highest BCUT2D eigenvalue weighted by atomic mass is 35.5. The number of nitrogen functional groups attached to an aromatic ring is 1. The van der Waals surface area contributed by atoms with E-state index in [1.807, 2.05) is 6.07 Å². The lowest BCUT2D eigenvalue weighted by Crippen LogP contribution is -2.00. The average molecular weight is 184 g/mol. The van der Waals surface area contributed by atoms with Crippen LogP contribution in [0.1, 0.15) is 16.1 Å². The normalized spacial score (nSPS) is 9.42. The summed E-state index contributed by atoms with van der Waals surface area (Å²) in [6.45, 7) is 0. The first-order chi connectivity index (χ1) is 5.63. The van der Waals surface area contributed by atoms with Gasteiger partial charge in [0.05, 0.1) is 0 Å². The molecular formula is C7H6ClN3O. The van der Waals surface area contributed by atoms with Gasteiger partial charge in [0.25, 0.3) is 0 Å². The standard InChI is InChI=1S/C7H6ClN3O/c1-11-5(3-12)4(2-9)6(8)7(11)10/h3H,10H2,1H3. The van der Waals surface area contributed by atoms with Crippen molar-refractivity contribution in [3.05, 3.63) is 16.3 Å². The quantitative estimate of drug-likeness (QED) is 0.659. The van der Waals surface area contributed by atoms with Crippen LogP contribution in [-0.4, -0.2) is 10.9 Å². The molecule has 0 spiro atoms. The molecule has 0 saturated heterocycles. The number of aldehydes is 1. The smallest absolute Gasteiger partial charge is 0.167 e. The van der Waals surface area contributed by atoms with Crippen molar-refractivity contribution in [2.24, 2.45) is 7.05 Å². The fourth-order valence-electron chi connectivity index (χ4n) is 0.930. The third kappa shape index (κ3) is 0.953. The minimum absolute atomic E-state index is 0.131. The minimum Gasteiger partial charge on any atom is -0.384 e. The van der Waals surface area contributed by atoms with Gasteiger partial charge < -0.3 is 10.3 Å². The second-order valence-electron chi connectivity index (χ2n) is 2.25. The predicted molar refractivity (Wildman–Crippen MR) is 44.9 cm³/mol. The molecule has 0 aliphatic heterocycles. The highest BCUT2D eigenvalue weighted by Crippen LogP contribution is 2.27. The second kappa shape index (κ2) is 2.88. The molecule has 0 aliphatic carbocycles. The summed E-state index contributed by atoms with van der Waals surface area (Å²) in [6.07, 6.45) is 0.556. The summed E-state index contributed by atoms with van der Waals surface area (Å²) >= 11 is 5.67. The molecule has 0 aromatic carbocycles. The van der Waals surface area contributed by atoms with Gasteiger partial charge >= 0.3 is 0 Å². The van der Waals surface area contributed by atoms with Crippen LogP contribution in [-0.2, 0) is 7.05 Å². The topological polar surface area (TPSA) is 71.8 Å². The number of hydrogen-bond donors (Lipinski definition) is 1. The number of carbonyl (C=O) groups is 1. The lowest BCUT2D eigenvalue weighted by Gasteiger charge is -1.95. The highest BCUT2D eigenvalue weighted by Gasteiger charge is 2.16. The van der Waals surface area contributed by atoms with Crippen molar-refractivity contribution in [1.82, 2.24) is 4.57 Å². The number of hydrogen-bond acceptors (Lipinski definition) is 3. The van der Waals surface area contributed by atoms with Gasteiger partial charge in [-0.1, -0.05) is 11.6 Å². The molecule has 0 saturated carbocycles. The van der Waals surface area contributed by atoms with Gasteiger partial charge in [0, 0.05) is 7.05 Å². The number of halogens is 1. The van der Waals surface area contributed by atoms with Gasteiger partial charge in [-0.3, -0.25) is 4.79 Å². The van der Waals surface area contributed by atoms with E-state index in [0.29, 0.717) is 6.29 Å². The van der Waals surface area contributed by atoms with Crippen LogP contribution in [0.15, 0.2) is 0 Å². The Labute approximate surface area is 74.1 Å². The Kier molecular flexibility index (Phi) is 2.07. The van der Waals surface area contributed by atoms with Crippen molar-refractivity contribution in [3.63, 3.8) is 0 Å². The molecule has 1 aromatic rings. The number of carbonyl (C=O) groups excluding carboxylic acids is 1. The fraction of sp³-hybridized carbons (Fsp3) is 0.143. The van der Waals surface area contributed by atoms with E-state index in [-0.39, 0.29) is 22.1 Å².